The first kappa shape index (κ1) is 8.85. The van der Waals surface area contributed by atoms with Crippen LogP contribution >= 0.6 is 0 Å². The van der Waals surface area contributed by atoms with Gasteiger partial charge in [0.05, 0.1) is 5.41 Å². The van der Waals surface area contributed by atoms with Crippen LogP contribution in [0.3, 0.4) is 0 Å². The van der Waals surface area contributed by atoms with Gasteiger partial charge in [0, 0.05) is 12.2 Å². The third kappa shape index (κ3) is 1.05. The molecule has 0 bridgehead atoms. The molecule has 2 aliphatic heterocycles. The van der Waals surface area contributed by atoms with Gasteiger partial charge in [-0.1, -0.05) is 6.07 Å². The monoisotopic (exact) mass is 206 g/mol. The first-order valence-corrected chi connectivity index (χ1v) is 5.05. The number of carbonyl (C=O) groups excluding carboxylic acids is 1. The number of rotatable bonds is 0. The maximum absolute atomic E-state index is 13.0. The van der Waals surface area contributed by atoms with Gasteiger partial charge < -0.3 is 10.6 Å². The molecule has 1 atom stereocenters. The van der Waals surface area contributed by atoms with Crippen molar-refractivity contribution in [2.45, 2.75) is 11.8 Å². The molecule has 0 aliphatic carbocycles. The lowest BCUT2D eigenvalue weighted by Crippen LogP contribution is -2.36. The van der Waals surface area contributed by atoms with Gasteiger partial charge in [-0.2, -0.15) is 0 Å². The molecule has 15 heavy (non-hydrogen) atoms. The normalized spacial score (nSPS) is 28.2. The first-order valence-electron chi connectivity index (χ1n) is 5.05. The molecule has 78 valence electrons. The Morgan fingerprint density at radius 2 is 2.27 bits per heavy atom. The van der Waals surface area contributed by atoms with Crippen LogP contribution in [0.4, 0.5) is 10.1 Å². The van der Waals surface area contributed by atoms with Crippen molar-refractivity contribution in [1.82, 2.24) is 5.32 Å². The van der Waals surface area contributed by atoms with Crippen molar-refractivity contribution in [3.63, 3.8) is 0 Å². The number of hydrogen-bond acceptors (Lipinski definition) is 2. The summed E-state index contributed by atoms with van der Waals surface area (Å²) < 4.78 is 13.0. The third-order valence-corrected chi connectivity index (χ3v) is 3.34. The smallest absolute Gasteiger partial charge is 0.236 e. The SMILES string of the molecule is O=C1Nc2cc(F)ccc2C12CCNC2. The summed E-state index contributed by atoms with van der Waals surface area (Å²) >= 11 is 0. The molecule has 1 fully saturated rings. The van der Waals surface area contributed by atoms with E-state index in [-0.39, 0.29) is 11.7 Å². The van der Waals surface area contributed by atoms with Crippen LogP contribution in [0, 0.1) is 5.82 Å². The Kier molecular flexibility index (Phi) is 1.65. The van der Waals surface area contributed by atoms with E-state index < -0.39 is 5.41 Å². The summed E-state index contributed by atoms with van der Waals surface area (Å²) in [5.41, 5.74) is 1.10. The molecule has 2 N–H and O–H groups in total. The summed E-state index contributed by atoms with van der Waals surface area (Å²) in [5, 5.41) is 5.94. The Balaban J connectivity index is 2.17. The van der Waals surface area contributed by atoms with Crippen LogP contribution in [-0.2, 0) is 10.2 Å². The molecule has 1 spiro atoms. The predicted molar refractivity (Wildman–Crippen MR) is 54.2 cm³/mol. The van der Waals surface area contributed by atoms with Gasteiger partial charge in [-0.05, 0) is 30.7 Å². The molecular formula is C11H11FN2O. The topological polar surface area (TPSA) is 41.1 Å². The Labute approximate surface area is 86.7 Å². The molecule has 1 aromatic carbocycles. The molecule has 3 nitrogen and oxygen atoms in total. The summed E-state index contributed by atoms with van der Waals surface area (Å²) in [6.07, 6.45) is 0.789. The maximum atomic E-state index is 13.0. The summed E-state index contributed by atoms with van der Waals surface area (Å²) in [4.78, 5) is 11.9. The minimum absolute atomic E-state index is 0.00639. The van der Waals surface area contributed by atoms with E-state index in [4.69, 9.17) is 0 Å². The lowest BCUT2D eigenvalue weighted by molar-refractivity contribution is -0.120. The van der Waals surface area contributed by atoms with E-state index >= 15 is 0 Å². The fourth-order valence-corrected chi connectivity index (χ4v) is 2.52. The van der Waals surface area contributed by atoms with Crippen molar-refractivity contribution in [2.24, 2.45) is 0 Å². The van der Waals surface area contributed by atoms with Gasteiger partial charge >= 0.3 is 0 Å². The minimum atomic E-state index is -0.455. The van der Waals surface area contributed by atoms with Gasteiger partial charge in [-0.3, -0.25) is 4.79 Å². The molecule has 4 heteroatoms. The highest BCUT2D eigenvalue weighted by Crippen LogP contribution is 2.41. The lowest BCUT2D eigenvalue weighted by Gasteiger charge is -2.19. The van der Waals surface area contributed by atoms with Gasteiger partial charge in [-0.15, -0.1) is 0 Å². The molecule has 1 amide bonds. The fourth-order valence-electron chi connectivity index (χ4n) is 2.52. The van der Waals surface area contributed by atoms with Crippen molar-refractivity contribution in [3.8, 4) is 0 Å². The molecule has 1 saturated heterocycles. The number of carbonyl (C=O) groups is 1. The van der Waals surface area contributed by atoms with Crippen LogP contribution in [0.5, 0.6) is 0 Å². The summed E-state index contributed by atoms with van der Waals surface area (Å²) in [6, 6.07) is 4.52. The minimum Gasteiger partial charge on any atom is -0.325 e. The van der Waals surface area contributed by atoms with Gasteiger partial charge in [0.15, 0.2) is 0 Å². The average molecular weight is 206 g/mol. The second-order valence-corrected chi connectivity index (χ2v) is 4.15. The van der Waals surface area contributed by atoms with Crippen molar-refractivity contribution < 1.29 is 9.18 Å². The number of amides is 1. The number of nitrogens with one attached hydrogen (secondary N) is 2. The van der Waals surface area contributed by atoms with E-state index in [0.717, 1.165) is 18.5 Å². The number of anilines is 1. The lowest BCUT2D eigenvalue weighted by atomic mass is 9.81. The highest BCUT2D eigenvalue weighted by atomic mass is 19.1. The average Bonchev–Trinajstić information content (AvgIpc) is 2.76. The van der Waals surface area contributed by atoms with Crippen LogP contribution in [-0.4, -0.2) is 19.0 Å². The van der Waals surface area contributed by atoms with Crippen molar-refractivity contribution >= 4 is 11.6 Å². The zero-order valence-electron chi connectivity index (χ0n) is 8.14. The Hall–Kier alpha value is -1.42. The molecular weight excluding hydrogens is 195 g/mol. The fraction of sp³-hybridized carbons (Fsp3) is 0.364. The molecule has 1 unspecified atom stereocenters. The number of halogens is 1. The maximum Gasteiger partial charge on any atom is 0.236 e. The summed E-state index contributed by atoms with van der Waals surface area (Å²) in [6.45, 7) is 1.49. The van der Waals surface area contributed by atoms with Gasteiger partial charge in [0.25, 0.3) is 0 Å². The zero-order valence-corrected chi connectivity index (χ0v) is 8.14. The number of fused-ring (bicyclic) bond motifs is 2. The quantitative estimate of drug-likeness (QED) is 0.665. The largest absolute Gasteiger partial charge is 0.325 e. The van der Waals surface area contributed by atoms with Crippen molar-refractivity contribution in [3.05, 3.63) is 29.6 Å². The van der Waals surface area contributed by atoms with Gasteiger partial charge in [-0.25, -0.2) is 4.39 Å². The highest BCUT2D eigenvalue weighted by Gasteiger charge is 2.48. The van der Waals surface area contributed by atoms with Crippen LogP contribution in [0.2, 0.25) is 0 Å². The molecule has 3 rings (SSSR count). The van der Waals surface area contributed by atoms with E-state index in [9.17, 15) is 9.18 Å². The first-order chi connectivity index (χ1) is 7.22. The van der Waals surface area contributed by atoms with Crippen molar-refractivity contribution in [2.75, 3.05) is 18.4 Å². The zero-order chi connectivity index (χ0) is 10.5. The molecule has 0 aromatic heterocycles. The second kappa shape index (κ2) is 2.79. The van der Waals surface area contributed by atoms with Gasteiger partial charge in [0.2, 0.25) is 5.91 Å². The number of benzene rings is 1. The van der Waals surface area contributed by atoms with E-state index in [1.807, 2.05) is 0 Å². The molecule has 0 radical (unpaired) electrons. The number of hydrogen-bond donors (Lipinski definition) is 2. The summed E-state index contributed by atoms with van der Waals surface area (Å²) in [7, 11) is 0. The van der Waals surface area contributed by atoms with Crippen LogP contribution in [0.15, 0.2) is 18.2 Å². The summed E-state index contributed by atoms with van der Waals surface area (Å²) in [5.74, 6) is -0.315. The Bertz CT molecular complexity index is 438. The van der Waals surface area contributed by atoms with Crippen LogP contribution < -0.4 is 10.6 Å². The van der Waals surface area contributed by atoms with Crippen LogP contribution in [0.1, 0.15) is 12.0 Å². The predicted octanol–water partition coefficient (Wildman–Crippen LogP) is 1.01. The third-order valence-electron chi connectivity index (χ3n) is 3.34. The molecule has 1 aromatic rings. The van der Waals surface area contributed by atoms with E-state index in [2.05, 4.69) is 10.6 Å². The Morgan fingerprint density at radius 1 is 1.40 bits per heavy atom. The van der Waals surface area contributed by atoms with E-state index in [1.54, 1.807) is 6.07 Å². The molecule has 2 heterocycles. The Morgan fingerprint density at radius 3 is 3.00 bits per heavy atom. The van der Waals surface area contributed by atoms with Crippen LogP contribution in [0.25, 0.3) is 0 Å². The molecule has 2 aliphatic rings. The van der Waals surface area contributed by atoms with E-state index in [1.165, 1.54) is 12.1 Å². The van der Waals surface area contributed by atoms with E-state index in [0.29, 0.717) is 12.2 Å². The highest BCUT2D eigenvalue weighted by molar-refractivity contribution is 6.06. The molecule has 0 saturated carbocycles. The standard InChI is InChI=1S/C11H11FN2O/c12-7-1-2-8-9(5-7)14-10(15)11(8)3-4-13-6-11/h1-2,5,13H,3-4,6H2,(H,14,15). The van der Waals surface area contributed by atoms with Gasteiger partial charge in [0.1, 0.15) is 5.82 Å². The second-order valence-electron chi connectivity index (χ2n) is 4.15. The van der Waals surface area contributed by atoms with Crippen molar-refractivity contribution in [1.29, 1.82) is 0 Å².